The Kier molecular flexibility index (Phi) is 3.01. The maximum absolute atomic E-state index is 5.56. The van der Waals surface area contributed by atoms with Crippen molar-refractivity contribution < 1.29 is 4.74 Å². The molecule has 1 unspecified atom stereocenters. The molecule has 2 aromatic rings. The molecule has 4 heteroatoms. The zero-order valence-corrected chi connectivity index (χ0v) is 12.9. The van der Waals surface area contributed by atoms with Gasteiger partial charge in [0, 0.05) is 24.5 Å². The maximum atomic E-state index is 5.56. The molecule has 0 N–H and O–H groups in total. The predicted molar refractivity (Wildman–Crippen MR) is 86.1 cm³/mol. The molecular weight excluding hydrogens is 274 g/mol. The summed E-state index contributed by atoms with van der Waals surface area (Å²) in [7, 11) is 0. The van der Waals surface area contributed by atoms with Crippen molar-refractivity contribution in [3.05, 3.63) is 30.0 Å². The van der Waals surface area contributed by atoms with Crippen LogP contribution in [0.2, 0.25) is 0 Å². The lowest BCUT2D eigenvalue weighted by Gasteiger charge is -2.44. The molecule has 1 aromatic heterocycles. The highest BCUT2D eigenvalue weighted by atomic mass is 16.5. The van der Waals surface area contributed by atoms with Crippen LogP contribution in [-0.4, -0.2) is 47.5 Å². The van der Waals surface area contributed by atoms with E-state index in [0.29, 0.717) is 12.0 Å². The molecule has 4 saturated heterocycles. The number of ether oxygens (including phenoxy) is 1. The van der Waals surface area contributed by atoms with Gasteiger partial charge in [-0.1, -0.05) is 12.1 Å². The van der Waals surface area contributed by atoms with Crippen LogP contribution in [0.1, 0.15) is 36.8 Å². The monoisotopic (exact) mass is 297 g/mol. The summed E-state index contributed by atoms with van der Waals surface area (Å²) in [6.45, 7) is 5.52. The van der Waals surface area contributed by atoms with Crippen LogP contribution in [0.3, 0.4) is 0 Å². The number of aromatic nitrogens is 2. The summed E-state index contributed by atoms with van der Waals surface area (Å²) in [5.41, 5.74) is 2.75. The Hall–Kier alpha value is -1.39. The highest BCUT2D eigenvalue weighted by Gasteiger charge is 2.36. The van der Waals surface area contributed by atoms with Gasteiger partial charge in [0.15, 0.2) is 0 Å². The lowest BCUT2D eigenvalue weighted by atomic mass is 9.84. The first-order chi connectivity index (χ1) is 10.9. The third-order valence-electron chi connectivity index (χ3n) is 5.96. The number of benzene rings is 1. The van der Waals surface area contributed by atoms with E-state index < -0.39 is 0 Å². The van der Waals surface area contributed by atoms with Crippen molar-refractivity contribution in [3.8, 4) is 0 Å². The summed E-state index contributed by atoms with van der Waals surface area (Å²) in [4.78, 5) is 2.60. The van der Waals surface area contributed by atoms with Gasteiger partial charge in [-0.05, 0) is 49.9 Å². The van der Waals surface area contributed by atoms with Crippen LogP contribution in [0.5, 0.6) is 0 Å². The highest BCUT2D eigenvalue weighted by molar-refractivity contribution is 5.79. The summed E-state index contributed by atoms with van der Waals surface area (Å²) < 4.78 is 7.89. The van der Waals surface area contributed by atoms with Gasteiger partial charge in [0.05, 0.1) is 24.4 Å². The van der Waals surface area contributed by atoms with Crippen LogP contribution < -0.4 is 0 Å². The van der Waals surface area contributed by atoms with Gasteiger partial charge in [0.2, 0.25) is 0 Å². The lowest BCUT2D eigenvalue weighted by molar-refractivity contribution is 0.0534. The number of fused-ring (bicyclic) bond motifs is 4. The fourth-order valence-electron chi connectivity index (χ4n) is 4.58. The standard InChI is InChI=1S/C18H23N3O/c1-2-15-10-19-21(18-11-20-6-3-13(18)4-7-20)17(15)9-14(1)16-5-8-22-12-16/h1-2,9-10,13,16,18H,3-8,11-12H2/t16?,18-/m1/s1. The van der Waals surface area contributed by atoms with Crippen LogP contribution in [0.4, 0.5) is 0 Å². The molecule has 116 valence electrons. The molecule has 0 aliphatic carbocycles. The summed E-state index contributed by atoms with van der Waals surface area (Å²) >= 11 is 0. The largest absolute Gasteiger partial charge is 0.381 e. The predicted octanol–water partition coefficient (Wildman–Crippen LogP) is 2.81. The molecule has 4 fully saturated rings. The minimum atomic E-state index is 0.565. The van der Waals surface area contributed by atoms with Gasteiger partial charge in [0.1, 0.15) is 0 Å². The van der Waals surface area contributed by atoms with E-state index in [4.69, 9.17) is 9.84 Å². The number of hydrogen-bond donors (Lipinski definition) is 0. The van der Waals surface area contributed by atoms with Gasteiger partial charge in [0.25, 0.3) is 0 Å². The zero-order chi connectivity index (χ0) is 14.5. The van der Waals surface area contributed by atoms with E-state index in [1.165, 1.54) is 48.9 Å². The minimum absolute atomic E-state index is 0.565. The third-order valence-corrected chi connectivity index (χ3v) is 5.96. The Morgan fingerprint density at radius 2 is 2.05 bits per heavy atom. The van der Waals surface area contributed by atoms with E-state index in [-0.39, 0.29) is 0 Å². The van der Waals surface area contributed by atoms with Crippen molar-refractivity contribution >= 4 is 10.9 Å². The molecule has 4 aliphatic rings. The van der Waals surface area contributed by atoms with Crippen LogP contribution in [0.15, 0.2) is 24.4 Å². The SMILES string of the molecule is c1cc2cnn([C@@H]3CN4CCC3CC4)c2cc1C1CCOC1. The quantitative estimate of drug-likeness (QED) is 0.854. The zero-order valence-electron chi connectivity index (χ0n) is 12.9. The molecule has 0 saturated carbocycles. The van der Waals surface area contributed by atoms with E-state index >= 15 is 0 Å². The molecule has 4 nitrogen and oxygen atoms in total. The maximum Gasteiger partial charge on any atom is 0.0689 e. The first-order valence-electron chi connectivity index (χ1n) is 8.66. The second-order valence-corrected chi connectivity index (χ2v) is 7.17. The topological polar surface area (TPSA) is 30.3 Å². The second kappa shape index (κ2) is 5.07. The van der Waals surface area contributed by atoms with Gasteiger partial charge in [-0.15, -0.1) is 0 Å². The highest BCUT2D eigenvalue weighted by Crippen LogP contribution is 2.37. The van der Waals surface area contributed by atoms with E-state index in [1.807, 2.05) is 6.20 Å². The Morgan fingerprint density at radius 1 is 1.14 bits per heavy atom. The number of nitrogens with zero attached hydrogens (tertiary/aromatic N) is 3. The normalized spacial score (nSPS) is 34.5. The van der Waals surface area contributed by atoms with Crippen molar-refractivity contribution in [2.75, 3.05) is 32.8 Å². The molecule has 0 amide bonds. The fourth-order valence-corrected chi connectivity index (χ4v) is 4.58. The molecule has 4 aliphatic heterocycles. The third kappa shape index (κ3) is 2.01. The molecule has 5 heterocycles. The van der Waals surface area contributed by atoms with E-state index in [2.05, 4.69) is 27.8 Å². The molecule has 0 spiro atoms. The average Bonchev–Trinajstić information content (AvgIpc) is 3.25. The Bertz CT molecular complexity index is 681. The molecule has 22 heavy (non-hydrogen) atoms. The van der Waals surface area contributed by atoms with Crippen LogP contribution in [0.25, 0.3) is 10.9 Å². The summed E-state index contributed by atoms with van der Waals surface area (Å²) in [6.07, 6.45) is 5.87. The van der Waals surface area contributed by atoms with Gasteiger partial charge in [-0.3, -0.25) is 4.68 Å². The van der Waals surface area contributed by atoms with Crippen molar-refractivity contribution in [2.24, 2.45) is 5.92 Å². The molecule has 2 atom stereocenters. The minimum Gasteiger partial charge on any atom is -0.381 e. The summed E-state index contributed by atoms with van der Waals surface area (Å²) in [5, 5.41) is 6.04. The first-order valence-corrected chi connectivity index (χ1v) is 8.66. The Balaban J connectivity index is 1.54. The summed E-state index contributed by atoms with van der Waals surface area (Å²) in [6, 6.07) is 7.45. The van der Waals surface area contributed by atoms with E-state index in [9.17, 15) is 0 Å². The van der Waals surface area contributed by atoms with Crippen molar-refractivity contribution in [1.29, 1.82) is 0 Å². The van der Waals surface area contributed by atoms with Crippen LogP contribution >= 0.6 is 0 Å². The molecule has 6 rings (SSSR count). The van der Waals surface area contributed by atoms with Crippen molar-refractivity contribution in [2.45, 2.75) is 31.2 Å². The first kappa shape index (κ1) is 13.1. The van der Waals surface area contributed by atoms with Gasteiger partial charge in [-0.2, -0.15) is 5.10 Å². The Morgan fingerprint density at radius 3 is 2.77 bits per heavy atom. The van der Waals surface area contributed by atoms with Gasteiger partial charge < -0.3 is 9.64 Å². The molecule has 2 bridgehead atoms. The van der Waals surface area contributed by atoms with Crippen molar-refractivity contribution in [1.82, 2.24) is 14.7 Å². The molecule has 1 aromatic carbocycles. The average molecular weight is 297 g/mol. The molecular formula is C18H23N3O. The van der Waals surface area contributed by atoms with E-state index in [0.717, 1.165) is 25.6 Å². The van der Waals surface area contributed by atoms with Crippen LogP contribution in [-0.2, 0) is 4.74 Å². The number of piperidine rings is 3. The summed E-state index contributed by atoms with van der Waals surface area (Å²) in [5.74, 6) is 1.38. The van der Waals surface area contributed by atoms with Gasteiger partial charge in [-0.25, -0.2) is 0 Å². The second-order valence-electron chi connectivity index (χ2n) is 7.17. The lowest BCUT2D eigenvalue weighted by Crippen LogP contribution is -2.48. The van der Waals surface area contributed by atoms with E-state index in [1.54, 1.807) is 0 Å². The molecule has 0 radical (unpaired) electrons. The number of hydrogen-bond acceptors (Lipinski definition) is 3. The van der Waals surface area contributed by atoms with Crippen molar-refractivity contribution in [3.63, 3.8) is 0 Å². The smallest absolute Gasteiger partial charge is 0.0689 e. The fraction of sp³-hybridized carbons (Fsp3) is 0.611. The number of rotatable bonds is 2. The van der Waals surface area contributed by atoms with Gasteiger partial charge >= 0.3 is 0 Å². The Labute approximate surface area is 131 Å². The van der Waals surface area contributed by atoms with Crippen LogP contribution in [0, 0.1) is 5.92 Å².